The van der Waals surface area contributed by atoms with Gasteiger partial charge in [-0.25, -0.2) is 21.3 Å². The molecule has 43 heavy (non-hydrogen) atoms. The number of hydrogen-bond acceptors (Lipinski definition) is 7. The highest BCUT2D eigenvalue weighted by Gasteiger charge is 2.36. The standard InChI is InChI=1S/C33H34N6O3S/c1-23-9-7-12-25-13-8-14-29(30(23)25)37-16-15-27-28(21-37)35-32(43(3)41)36-31(27)38-17-18-39(26(20-38)19-34-2)33(40)42-22-24-10-5-4-6-11-24/h4-14,26H,15-22H2,1,3H3/t26-,43?/m0/s1. The van der Waals surface area contributed by atoms with Gasteiger partial charge in [-0.05, 0) is 35.9 Å². The number of anilines is 2. The first-order chi connectivity index (χ1) is 20.9. The fourth-order valence-electron chi connectivity index (χ4n) is 6.11. The number of benzene rings is 3. The minimum Gasteiger partial charge on any atom is -0.445 e. The molecule has 10 heteroatoms. The van der Waals surface area contributed by atoms with Crippen molar-refractivity contribution in [2.45, 2.75) is 37.7 Å². The van der Waals surface area contributed by atoms with Gasteiger partial charge in [-0.1, -0.05) is 60.7 Å². The van der Waals surface area contributed by atoms with Crippen LogP contribution in [-0.4, -0.2) is 70.2 Å². The maximum atomic E-state index is 13.1. The predicted molar refractivity (Wildman–Crippen MR) is 169 cm³/mol. The van der Waals surface area contributed by atoms with Crippen LogP contribution in [0.3, 0.4) is 0 Å². The van der Waals surface area contributed by atoms with Gasteiger partial charge in [-0.2, -0.15) is 0 Å². The molecule has 0 bridgehead atoms. The molecule has 2 atom stereocenters. The van der Waals surface area contributed by atoms with Crippen LogP contribution in [0.4, 0.5) is 16.3 Å². The van der Waals surface area contributed by atoms with Gasteiger partial charge in [0.2, 0.25) is 11.7 Å². The van der Waals surface area contributed by atoms with E-state index < -0.39 is 16.9 Å². The molecule has 0 saturated carbocycles. The summed E-state index contributed by atoms with van der Waals surface area (Å²) in [5.74, 6) is 0.760. The molecule has 1 fully saturated rings. The summed E-state index contributed by atoms with van der Waals surface area (Å²) in [5.41, 5.74) is 5.23. The molecule has 0 aliphatic carbocycles. The Morgan fingerprint density at radius 3 is 2.58 bits per heavy atom. The van der Waals surface area contributed by atoms with Crippen LogP contribution in [0.25, 0.3) is 15.6 Å². The van der Waals surface area contributed by atoms with E-state index in [-0.39, 0.29) is 19.2 Å². The first-order valence-corrected chi connectivity index (χ1v) is 16.0. The summed E-state index contributed by atoms with van der Waals surface area (Å²) < 4.78 is 18.3. The zero-order valence-electron chi connectivity index (χ0n) is 24.4. The number of rotatable bonds is 6. The molecule has 220 valence electrons. The highest BCUT2D eigenvalue weighted by molar-refractivity contribution is 7.84. The Kier molecular flexibility index (Phi) is 8.25. The second-order valence-electron chi connectivity index (χ2n) is 11.0. The minimum absolute atomic E-state index is 0.158. The first kappa shape index (κ1) is 28.6. The lowest BCUT2D eigenvalue weighted by molar-refractivity contribution is 0.0788. The van der Waals surface area contributed by atoms with Gasteiger partial charge in [0.15, 0.2) is 0 Å². The normalized spacial score (nSPS) is 17.3. The number of fused-ring (bicyclic) bond motifs is 2. The van der Waals surface area contributed by atoms with Gasteiger partial charge in [0.25, 0.3) is 0 Å². The second kappa shape index (κ2) is 12.4. The molecule has 9 nitrogen and oxygen atoms in total. The molecule has 4 aromatic rings. The Labute approximate surface area is 254 Å². The Morgan fingerprint density at radius 1 is 1.02 bits per heavy atom. The van der Waals surface area contributed by atoms with E-state index >= 15 is 0 Å². The Morgan fingerprint density at radius 2 is 1.81 bits per heavy atom. The lowest BCUT2D eigenvalue weighted by atomic mass is 9.99. The van der Waals surface area contributed by atoms with Crippen molar-refractivity contribution in [1.29, 1.82) is 0 Å². The Bertz CT molecular complexity index is 1720. The van der Waals surface area contributed by atoms with Crippen LogP contribution in [0.5, 0.6) is 0 Å². The summed E-state index contributed by atoms with van der Waals surface area (Å²) in [6, 6.07) is 22.0. The van der Waals surface area contributed by atoms with Crippen LogP contribution in [-0.2, 0) is 35.1 Å². The summed E-state index contributed by atoms with van der Waals surface area (Å²) in [7, 11) is -1.37. The van der Waals surface area contributed by atoms with Crippen molar-refractivity contribution in [2.24, 2.45) is 0 Å². The maximum Gasteiger partial charge on any atom is 0.410 e. The molecule has 3 aromatic carbocycles. The van der Waals surface area contributed by atoms with Gasteiger partial charge in [0.05, 0.1) is 23.0 Å². The van der Waals surface area contributed by atoms with Gasteiger partial charge < -0.3 is 19.4 Å². The number of hydrogen-bond donors (Lipinski definition) is 0. The summed E-state index contributed by atoms with van der Waals surface area (Å²) >= 11 is 0. The van der Waals surface area contributed by atoms with Crippen LogP contribution >= 0.6 is 0 Å². The van der Waals surface area contributed by atoms with Gasteiger partial charge in [-0.15, -0.1) is 0 Å². The Hall–Kier alpha value is -4.49. The van der Waals surface area contributed by atoms with Gasteiger partial charge in [0, 0.05) is 49.1 Å². The lowest BCUT2D eigenvalue weighted by Gasteiger charge is -2.41. The van der Waals surface area contributed by atoms with Crippen LogP contribution in [0.1, 0.15) is 22.4 Å². The average molecular weight is 595 g/mol. The summed E-state index contributed by atoms with van der Waals surface area (Å²) in [4.78, 5) is 32.4. The van der Waals surface area contributed by atoms with E-state index in [0.717, 1.165) is 35.6 Å². The number of aryl methyl sites for hydroxylation is 1. The van der Waals surface area contributed by atoms with E-state index in [2.05, 4.69) is 58.0 Å². The smallest absolute Gasteiger partial charge is 0.410 e. The predicted octanol–water partition coefficient (Wildman–Crippen LogP) is 4.99. The molecule has 2 aliphatic rings. The molecule has 6 rings (SSSR count). The molecule has 0 radical (unpaired) electrons. The molecule has 0 spiro atoms. The SMILES string of the molecule is [C-]#[N+]C[C@H]1CN(c2nc(S(C)=O)nc3c2CCN(c2cccc4cccc(C)c24)C3)CCN1C(=O)OCc1ccccc1. The largest absolute Gasteiger partial charge is 0.445 e. The van der Waals surface area contributed by atoms with Crippen LogP contribution in [0, 0.1) is 13.5 Å². The fourth-order valence-corrected chi connectivity index (χ4v) is 6.56. The third-order valence-electron chi connectivity index (χ3n) is 8.24. The number of nitrogens with zero attached hydrogens (tertiary/aromatic N) is 6. The monoisotopic (exact) mass is 594 g/mol. The number of piperazine rings is 1. The molecular weight excluding hydrogens is 560 g/mol. The molecule has 1 saturated heterocycles. The van der Waals surface area contributed by atoms with Crippen molar-refractivity contribution in [1.82, 2.24) is 14.9 Å². The van der Waals surface area contributed by atoms with Gasteiger partial charge in [-0.3, -0.25) is 9.11 Å². The molecule has 2 aliphatic heterocycles. The zero-order chi connectivity index (χ0) is 29.9. The number of carbonyl (C=O) groups is 1. The molecule has 3 heterocycles. The topological polar surface area (TPSA) is 83.2 Å². The zero-order valence-corrected chi connectivity index (χ0v) is 25.2. The second-order valence-corrected chi connectivity index (χ2v) is 12.3. The number of ether oxygens (including phenoxy) is 1. The van der Waals surface area contributed by atoms with Crippen molar-refractivity contribution in [3.8, 4) is 0 Å². The third kappa shape index (κ3) is 5.90. The Balaban J connectivity index is 1.26. The van der Waals surface area contributed by atoms with E-state index in [4.69, 9.17) is 21.3 Å². The van der Waals surface area contributed by atoms with E-state index in [9.17, 15) is 9.00 Å². The van der Waals surface area contributed by atoms with Crippen molar-refractivity contribution in [3.63, 3.8) is 0 Å². The maximum absolute atomic E-state index is 13.1. The summed E-state index contributed by atoms with van der Waals surface area (Å²) in [6.45, 7) is 12.8. The molecular formula is C33H34N6O3S. The van der Waals surface area contributed by atoms with Crippen molar-refractivity contribution < 1.29 is 13.7 Å². The van der Waals surface area contributed by atoms with E-state index in [0.29, 0.717) is 31.3 Å². The van der Waals surface area contributed by atoms with E-state index in [1.54, 1.807) is 11.2 Å². The van der Waals surface area contributed by atoms with Gasteiger partial charge >= 0.3 is 6.09 Å². The highest BCUT2D eigenvalue weighted by Crippen LogP contribution is 2.35. The summed E-state index contributed by atoms with van der Waals surface area (Å²) in [6.07, 6.45) is 1.91. The fraction of sp³-hybridized carbons (Fsp3) is 0.333. The van der Waals surface area contributed by atoms with Crippen molar-refractivity contribution >= 4 is 39.2 Å². The minimum atomic E-state index is -1.37. The molecule has 1 amide bonds. The average Bonchev–Trinajstić information content (AvgIpc) is 3.03. The molecule has 0 N–H and O–H groups in total. The van der Waals surface area contributed by atoms with Crippen molar-refractivity contribution in [3.05, 3.63) is 101 Å². The van der Waals surface area contributed by atoms with Crippen LogP contribution in [0.2, 0.25) is 0 Å². The van der Waals surface area contributed by atoms with E-state index in [1.165, 1.54) is 22.0 Å². The van der Waals surface area contributed by atoms with Gasteiger partial charge in [0.1, 0.15) is 18.5 Å². The number of amides is 1. The molecule has 1 unspecified atom stereocenters. The quantitative estimate of drug-likeness (QED) is 0.230. The van der Waals surface area contributed by atoms with Crippen LogP contribution < -0.4 is 9.80 Å². The lowest BCUT2D eigenvalue weighted by Crippen LogP contribution is -2.57. The van der Waals surface area contributed by atoms with Crippen molar-refractivity contribution in [2.75, 3.05) is 48.8 Å². The van der Waals surface area contributed by atoms with Crippen LogP contribution in [0.15, 0.2) is 71.9 Å². The van der Waals surface area contributed by atoms with E-state index in [1.807, 2.05) is 30.3 Å². The third-order valence-corrected chi connectivity index (χ3v) is 8.93. The number of aromatic nitrogens is 2. The summed E-state index contributed by atoms with van der Waals surface area (Å²) in [5, 5.41) is 2.74. The molecule has 1 aromatic heterocycles. The first-order valence-electron chi connectivity index (χ1n) is 14.4. The number of carbonyl (C=O) groups excluding carboxylic acids is 1. The highest BCUT2D eigenvalue weighted by atomic mass is 32.2.